The molecule has 1 heterocycles. The number of aromatic nitrogens is 1. The van der Waals surface area contributed by atoms with Crippen molar-refractivity contribution in [1.82, 2.24) is 4.98 Å². The topological polar surface area (TPSA) is 73.1 Å². The van der Waals surface area contributed by atoms with E-state index in [4.69, 9.17) is 0 Å². The molecule has 90 valence electrons. The Balaban J connectivity index is 0.000000185. The lowest BCUT2D eigenvalue weighted by atomic mass is 10.2. The summed E-state index contributed by atoms with van der Waals surface area (Å²) in [6.07, 6.45) is 3.05. The van der Waals surface area contributed by atoms with Gasteiger partial charge >= 0.3 is 0 Å². The fourth-order valence-electron chi connectivity index (χ4n) is 1.18. The minimum atomic E-state index is -3.29. The van der Waals surface area contributed by atoms with Gasteiger partial charge in [-0.3, -0.25) is 4.98 Å². The van der Waals surface area contributed by atoms with Crippen molar-refractivity contribution in [3.63, 3.8) is 0 Å². The lowest BCUT2D eigenvalue weighted by Crippen LogP contribution is -2.14. The van der Waals surface area contributed by atoms with E-state index in [1.807, 2.05) is 30.5 Å². The van der Waals surface area contributed by atoms with Gasteiger partial charge in [-0.2, -0.15) is 0 Å². The Morgan fingerprint density at radius 3 is 2.41 bits per heavy atom. The maximum absolute atomic E-state index is 9.94. The van der Waals surface area contributed by atoms with Gasteiger partial charge in [-0.1, -0.05) is 30.3 Å². The quantitative estimate of drug-likeness (QED) is 0.824. The first-order chi connectivity index (χ1) is 8.03. The number of nitrogens with zero attached hydrogens (tertiary/aromatic N) is 1. The van der Waals surface area contributed by atoms with E-state index in [0.29, 0.717) is 0 Å². The Morgan fingerprint density at radius 2 is 1.88 bits per heavy atom. The van der Waals surface area contributed by atoms with E-state index in [1.54, 1.807) is 0 Å². The predicted molar refractivity (Wildman–Crippen MR) is 69.9 cm³/mol. The fraction of sp³-hybridized carbons (Fsp3) is 0.0833. The molecule has 4 nitrogen and oxygen atoms in total. The van der Waals surface area contributed by atoms with Gasteiger partial charge in [0.25, 0.3) is 0 Å². The molecule has 0 aliphatic heterocycles. The summed E-state index contributed by atoms with van der Waals surface area (Å²) >= 11 is 0. The molecule has 0 atom stereocenters. The van der Waals surface area contributed by atoms with E-state index in [0.717, 1.165) is 5.52 Å². The predicted octanol–water partition coefficient (Wildman–Crippen LogP) is 1.70. The number of rotatable bonds is 2. The van der Waals surface area contributed by atoms with E-state index < -0.39 is 10.0 Å². The van der Waals surface area contributed by atoms with Crippen LogP contribution < -0.4 is 5.14 Å². The number of sulfonamides is 1. The number of pyridine rings is 1. The lowest BCUT2D eigenvalue weighted by molar-refractivity contribution is 0.600. The van der Waals surface area contributed by atoms with Gasteiger partial charge in [0.15, 0.2) is 0 Å². The zero-order valence-electron chi connectivity index (χ0n) is 9.28. The van der Waals surface area contributed by atoms with Crippen molar-refractivity contribution in [3.05, 3.63) is 55.3 Å². The minimum Gasteiger partial charge on any atom is -0.256 e. The highest BCUT2D eigenvalue weighted by Crippen LogP contribution is 2.07. The first-order valence-electron chi connectivity index (χ1n) is 4.94. The Labute approximate surface area is 101 Å². The normalized spacial score (nSPS) is 10.4. The summed E-state index contributed by atoms with van der Waals surface area (Å²) in [6.45, 7) is 3.19. The maximum atomic E-state index is 9.94. The van der Waals surface area contributed by atoms with Crippen molar-refractivity contribution in [2.75, 3.05) is 5.75 Å². The van der Waals surface area contributed by atoms with Crippen molar-refractivity contribution >= 4 is 20.9 Å². The zero-order chi connectivity index (χ0) is 12.7. The van der Waals surface area contributed by atoms with Crippen LogP contribution in [-0.2, 0) is 10.0 Å². The summed E-state index contributed by atoms with van der Waals surface area (Å²) in [7, 11) is -3.29. The molecule has 0 aliphatic carbocycles. The molecule has 0 fully saturated rings. The minimum absolute atomic E-state index is 0.146. The Kier molecular flexibility index (Phi) is 4.81. The number of hydrogen-bond acceptors (Lipinski definition) is 3. The molecule has 0 spiro atoms. The average molecular weight is 250 g/mol. The molecule has 17 heavy (non-hydrogen) atoms. The molecule has 1 aromatic heterocycles. The third-order valence-electron chi connectivity index (χ3n) is 1.86. The van der Waals surface area contributed by atoms with Crippen molar-refractivity contribution in [3.8, 4) is 0 Å². The molecule has 0 saturated carbocycles. The van der Waals surface area contributed by atoms with Crippen LogP contribution >= 0.6 is 0 Å². The first kappa shape index (κ1) is 13.3. The average Bonchev–Trinajstić information content (AvgIpc) is 2.28. The van der Waals surface area contributed by atoms with Crippen molar-refractivity contribution in [1.29, 1.82) is 0 Å². The van der Waals surface area contributed by atoms with Gasteiger partial charge in [-0.25, -0.2) is 13.6 Å². The van der Waals surface area contributed by atoms with E-state index in [1.165, 1.54) is 11.5 Å². The van der Waals surface area contributed by atoms with E-state index in [-0.39, 0.29) is 5.75 Å². The molecule has 0 saturated heterocycles. The Hall–Kier alpha value is -1.72. The molecule has 1 aromatic carbocycles. The van der Waals surface area contributed by atoms with Crippen molar-refractivity contribution < 1.29 is 8.42 Å². The van der Waals surface area contributed by atoms with E-state index in [9.17, 15) is 8.42 Å². The van der Waals surface area contributed by atoms with Crippen LogP contribution in [0.3, 0.4) is 0 Å². The van der Waals surface area contributed by atoms with Gasteiger partial charge in [-0.15, -0.1) is 6.58 Å². The second-order valence-electron chi connectivity index (χ2n) is 3.31. The Morgan fingerprint density at radius 1 is 1.24 bits per heavy atom. The molecule has 2 rings (SSSR count). The number of primary sulfonamides is 1. The number of benzene rings is 1. The molecule has 2 N–H and O–H groups in total. The SMILES string of the molecule is C=CCS(N)(=O)=O.c1ccc2ncccc2c1. The third kappa shape index (κ3) is 5.24. The second kappa shape index (κ2) is 6.12. The van der Waals surface area contributed by atoms with Crippen LogP contribution in [0.5, 0.6) is 0 Å². The first-order valence-corrected chi connectivity index (χ1v) is 6.65. The van der Waals surface area contributed by atoms with Gasteiger partial charge in [-0.05, 0) is 12.1 Å². The van der Waals surface area contributed by atoms with Crippen LogP contribution in [0.25, 0.3) is 10.9 Å². The molecule has 0 bridgehead atoms. The van der Waals surface area contributed by atoms with Crippen molar-refractivity contribution in [2.24, 2.45) is 5.14 Å². The fourth-order valence-corrected chi connectivity index (χ4v) is 1.51. The molecule has 0 radical (unpaired) electrons. The van der Waals surface area contributed by atoms with Crippen LogP contribution in [0.4, 0.5) is 0 Å². The van der Waals surface area contributed by atoms with Crippen LogP contribution in [0.2, 0.25) is 0 Å². The molecule has 0 amide bonds. The standard InChI is InChI=1S/C9H7N.C3H7NO2S/c1-2-6-9-8(4-1)5-3-7-10-9;1-2-3-7(4,5)6/h1-7H;2H,1,3H2,(H2,4,5,6). The highest BCUT2D eigenvalue weighted by Gasteiger charge is 1.93. The second-order valence-corrected chi connectivity index (χ2v) is 4.97. The van der Waals surface area contributed by atoms with Gasteiger partial charge in [0, 0.05) is 11.6 Å². The van der Waals surface area contributed by atoms with E-state index >= 15 is 0 Å². The van der Waals surface area contributed by atoms with Gasteiger partial charge < -0.3 is 0 Å². The van der Waals surface area contributed by atoms with Gasteiger partial charge in [0.1, 0.15) is 0 Å². The third-order valence-corrected chi connectivity index (χ3v) is 2.56. The number of para-hydroxylation sites is 1. The van der Waals surface area contributed by atoms with Crippen LogP contribution in [-0.4, -0.2) is 19.2 Å². The molecule has 0 aliphatic rings. The lowest BCUT2D eigenvalue weighted by Gasteiger charge is -1.91. The molecule has 5 heteroatoms. The summed E-state index contributed by atoms with van der Waals surface area (Å²) in [6, 6.07) is 12.1. The zero-order valence-corrected chi connectivity index (χ0v) is 10.1. The van der Waals surface area contributed by atoms with Crippen LogP contribution in [0.15, 0.2) is 55.3 Å². The number of hydrogen-bond donors (Lipinski definition) is 1. The smallest absolute Gasteiger partial charge is 0.212 e. The Bertz CT molecular complexity index is 529. The summed E-state index contributed by atoms with van der Waals surface area (Å²) in [5.41, 5.74) is 1.06. The highest BCUT2D eigenvalue weighted by molar-refractivity contribution is 7.89. The summed E-state index contributed by atoms with van der Waals surface area (Å²) < 4.78 is 19.9. The molecular formula is C12H14N2O2S. The van der Waals surface area contributed by atoms with Crippen LogP contribution in [0, 0.1) is 0 Å². The summed E-state index contributed by atoms with van der Waals surface area (Å²) in [5.74, 6) is -0.146. The highest BCUT2D eigenvalue weighted by atomic mass is 32.2. The number of fused-ring (bicyclic) bond motifs is 1. The summed E-state index contributed by atoms with van der Waals surface area (Å²) in [5, 5.41) is 5.75. The summed E-state index contributed by atoms with van der Waals surface area (Å²) in [4.78, 5) is 4.18. The van der Waals surface area contributed by atoms with Gasteiger partial charge in [0.05, 0.1) is 11.3 Å². The van der Waals surface area contributed by atoms with Crippen molar-refractivity contribution in [2.45, 2.75) is 0 Å². The molecule has 2 aromatic rings. The van der Waals surface area contributed by atoms with Gasteiger partial charge in [0.2, 0.25) is 10.0 Å². The molecular weight excluding hydrogens is 236 g/mol. The largest absolute Gasteiger partial charge is 0.256 e. The maximum Gasteiger partial charge on any atom is 0.212 e. The van der Waals surface area contributed by atoms with E-state index in [2.05, 4.69) is 28.8 Å². The monoisotopic (exact) mass is 250 g/mol. The van der Waals surface area contributed by atoms with Crippen LogP contribution in [0.1, 0.15) is 0 Å². The molecule has 0 unspecified atom stereocenters. The number of nitrogens with two attached hydrogens (primary N) is 1.